The van der Waals surface area contributed by atoms with Crippen LogP contribution in [0.4, 0.5) is 4.39 Å². The molecule has 3 atom stereocenters. The molecule has 19 heavy (non-hydrogen) atoms. The Hall–Kier alpha value is -1.46. The van der Waals surface area contributed by atoms with E-state index in [1.807, 2.05) is 6.92 Å². The number of carbonyl (C=O) groups is 1. The molecular weight excluding hydrogens is 247 g/mol. The monoisotopic (exact) mass is 266 g/mol. The zero-order valence-electron chi connectivity index (χ0n) is 11.1. The molecule has 0 aliphatic carbocycles. The van der Waals surface area contributed by atoms with E-state index in [1.54, 1.807) is 19.1 Å². The summed E-state index contributed by atoms with van der Waals surface area (Å²) < 4.78 is 13.5. The first-order chi connectivity index (χ1) is 8.97. The van der Waals surface area contributed by atoms with E-state index in [-0.39, 0.29) is 23.8 Å². The van der Waals surface area contributed by atoms with E-state index in [9.17, 15) is 14.3 Å². The highest BCUT2D eigenvalue weighted by Gasteiger charge is 2.28. The van der Waals surface area contributed by atoms with Crippen LogP contribution in [0.25, 0.3) is 0 Å². The number of aryl methyl sites for hydroxylation is 1. The summed E-state index contributed by atoms with van der Waals surface area (Å²) in [5.74, 6) is -0.432. The molecule has 4 nitrogen and oxygen atoms in total. The molecule has 2 rings (SSSR count). The van der Waals surface area contributed by atoms with Crippen LogP contribution in [-0.4, -0.2) is 29.7 Å². The molecule has 0 radical (unpaired) electrons. The van der Waals surface area contributed by atoms with Crippen molar-refractivity contribution in [3.63, 3.8) is 0 Å². The Kier molecular flexibility index (Phi) is 4.17. The van der Waals surface area contributed by atoms with E-state index in [0.29, 0.717) is 18.5 Å². The summed E-state index contributed by atoms with van der Waals surface area (Å²) in [7, 11) is 0. The molecule has 3 N–H and O–H groups in total. The van der Waals surface area contributed by atoms with Crippen molar-refractivity contribution in [3.05, 3.63) is 35.1 Å². The lowest BCUT2D eigenvalue weighted by Crippen LogP contribution is -2.41. The molecule has 104 valence electrons. The zero-order chi connectivity index (χ0) is 14.0. The number of carbonyl (C=O) groups excluding carboxylic acids is 1. The second-order valence-corrected chi connectivity index (χ2v) is 5.09. The van der Waals surface area contributed by atoms with Gasteiger partial charge in [0.05, 0.1) is 18.2 Å². The van der Waals surface area contributed by atoms with Crippen LogP contribution in [0.2, 0.25) is 0 Å². The van der Waals surface area contributed by atoms with Crippen molar-refractivity contribution < 1.29 is 14.3 Å². The highest BCUT2D eigenvalue weighted by molar-refractivity contribution is 5.82. The number of hydrogen-bond acceptors (Lipinski definition) is 3. The van der Waals surface area contributed by atoms with Gasteiger partial charge in [0.2, 0.25) is 5.91 Å². The Bertz CT molecular complexity index is 479. The Morgan fingerprint density at radius 2 is 2.32 bits per heavy atom. The van der Waals surface area contributed by atoms with E-state index in [4.69, 9.17) is 0 Å². The normalized spacial score (nSPS) is 24.2. The highest BCUT2D eigenvalue weighted by atomic mass is 19.1. The molecule has 0 aromatic heterocycles. The number of halogens is 1. The summed E-state index contributed by atoms with van der Waals surface area (Å²) in [5, 5.41) is 15.1. The van der Waals surface area contributed by atoms with E-state index in [2.05, 4.69) is 10.6 Å². The second kappa shape index (κ2) is 5.67. The lowest BCUT2D eigenvalue weighted by molar-refractivity contribution is -0.123. The summed E-state index contributed by atoms with van der Waals surface area (Å²) in [6.07, 6.45) is -0.0521. The van der Waals surface area contributed by atoms with Gasteiger partial charge in [0.1, 0.15) is 5.82 Å². The third-order valence-corrected chi connectivity index (χ3v) is 3.48. The molecule has 1 saturated heterocycles. The van der Waals surface area contributed by atoms with E-state index in [1.165, 1.54) is 6.07 Å². The van der Waals surface area contributed by atoms with Gasteiger partial charge in [-0.2, -0.15) is 0 Å². The molecule has 0 saturated carbocycles. The summed E-state index contributed by atoms with van der Waals surface area (Å²) in [4.78, 5) is 11.9. The third kappa shape index (κ3) is 3.30. The van der Waals surface area contributed by atoms with Crippen molar-refractivity contribution in [2.75, 3.05) is 6.54 Å². The molecule has 1 aromatic carbocycles. The largest absolute Gasteiger partial charge is 0.392 e. The van der Waals surface area contributed by atoms with Gasteiger partial charge in [-0.1, -0.05) is 12.1 Å². The lowest BCUT2D eigenvalue weighted by atomic mass is 10.1. The molecule has 1 amide bonds. The van der Waals surface area contributed by atoms with Crippen LogP contribution >= 0.6 is 0 Å². The van der Waals surface area contributed by atoms with Crippen molar-refractivity contribution >= 4 is 5.91 Å². The summed E-state index contributed by atoms with van der Waals surface area (Å²) in [5.41, 5.74) is 1.32. The Balaban J connectivity index is 1.98. The van der Waals surface area contributed by atoms with Crippen molar-refractivity contribution in [2.45, 2.75) is 38.5 Å². The van der Waals surface area contributed by atoms with Gasteiger partial charge in [-0.3, -0.25) is 4.79 Å². The number of aliphatic hydroxyl groups is 1. The first-order valence-corrected chi connectivity index (χ1v) is 6.45. The van der Waals surface area contributed by atoms with Crippen molar-refractivity contribution in [2.24, 2.45) is 0 Å². The molecule has 1 aliphatic heterocycles. The van der Waals surface area contributed by atoms with Gasteiger partial charge in [0.25, 0.3) is 0 Å². The van der Waals surface area contributed by atoms with Crippen molar-refractivity contribution in [1.29, 1.82) is 0 Å². The van der Waals surface area contributed by atoms with Gasteiger partial charge in [-0.15, -0.1) is 0 Å². The zero-order valence-corrected chi connectivity index (χ0v) is 11.1. The molecule has 0 unspecified atom stereocenters. The summed E-state index contributed by atoms with van der Waals surface area (Å²) >= 11 is 0. The minimum Gasteiger partial charge on any atom is -0.392 e. The van der Waals surface area contributed by atoms with Crippen molar-refractivity contribution in [1.82, 2.24) is 10.6 Å². The second-order valence-electron chi connectivity index (χ2n) is 5.09. The fourth-order valence-electron chi connectivity index (χ4n) is 2.19. The van der Waals surface area contributed by atoms with Crippen LogP contribution < -0.4 is 10.6 Å². The van der Waals surface area contributed by atoms with E-state index in [0.717, 1.165) is 5.56 Å². The topological polar surface area (TPSA) is 61.4 Å². The fraction of sp³-hybridized carbons (Fsp3) is 0.500. The van der Waals surface area contributed by atoms with Gasteiger partial charge >= 0.3 is 0 Å². The van der Waals surface area contributed by atoms with Crippen molar-refractivity contribution in [3.8, 4) is 0 Å². The van der Waals surface area contributed by atoms with Crippen LogP contribution in [-0.2, 0) is 4.79 Å². The number of amides is 1. The standard InChI is InChI=1S/C14H19FN2O2/c1-8-3-4-10(5-12(8)15)9(2)17-14(19)13-6-11(18)7-16-13/h3-5,9,11,13,16,18H,6-7H2,1-2H3,(H,17,19)/t9-,11+,13-/m0/s1. The number of benzene rings is 1. The molecular formula is C14H19FN2O2. The number of aliphatic hydroxyl groups excluding tert-OH is 1. The summed E-state index contributed by atoms with van der Waals surface area (Å²) in [6.45, 7) is 3.95. The average Bonchev–Trinajstić information content (AvgIpc) is 2.79. The fourth-order valence-corrected chi connectivity index (χ4v) is 2.19. The van der Waals surface area contributed by atoms with Crippen LogP contribution in [0.3, 0.4) is 0 Å². The molecule has 1 heterocycles. The average molecular weight is 266 g/mol. The molecule has 0 bridgehead atoms. The number of rotatable bonds is 3. The van der Waals surface area contributed by atoms with Crippen LogP contribution in [0.15, 0.2) is 18.2 Å². The summed E-state index contributed by atoms with van der Waals surface area (Å²) in [6, 6.07) is 4.32. The molecule has 0 spiro atoms. The maximum atomic E-state index is 13.5. The number of nitrogens with one attached hydrogen (secondary N) is 2. The molecule has 1 aliphatic rings. The lowest BCUT2D eigenvalue weighted by Gasteiger charge is -2.18. The van der Waals surface area contributed by atoms with E-state index >= 15 is 0 Å². The highest BCUT2D eigenvalue weighted by Crippen LogP contribution is 2.17. The quantitative estimate of drug-likeness (QED) is 0.766. The first-order valence-electron chi connectivity index (χ1n) is 6.45. The number of hydrogen-bond donors (Lipinski definition) is 3. The Morgan fingerprint density at radius 3 is 2.89 bits per heavy atom. The van der Waals surface area contributed by atoms with Gasteiger partial charge < -0.3 is 15.7 Å². The van der Waals surface area contributed by atoms with E-state index < -0.39 is 6.10 Å². The minimum absolute atomic E-state index is 0.162. The van der Waals surface area contributed by atoms with Crippen LogP contribution in [0, 0.1) is 12.7 Å². The van der Waals surface area contributed by atoms with Gasteiger partial charge in [-0.05, 0) is 37.5 Å². The Morgan fingerprint density at radius 1 is 1.58 bits per heavy atom. The third-order valence-electron chi connectivity index (χ3n) is 3.48. The predicted molar refractivity (Wildman–Crippen MR) is 70.1 cm³/mol. The van der Waals surface area contributed by atoms with Gasteiger partial charge in [0.15, 0.2) is 0 Å². The SMILES string of the molecule is Cc1ccc([C@H](C)NC(=O)[C@@H]2C[C@@H](O)CN2)cc1F. The maximum Gasteiger partial charge on any atom is 0.237 e. The van der Waals surface area contributed by atoms with Crippen LogP contribution in [0.1, 0.15) is 30.5 Å². The van der Waals surface area contributed by atoms with Gasteiger partial charge in [0, 0.05) is 6.54 Å². The number of β-amino-alcohol motifs (C(OH)–C–C–N with tert-alkyl or cyclic N) is 1. The minimum atomic E-state index is -0.470. The molecule has 5 heteroatoms. The molecule has 1 aromatic rings. The predicted octanol–water partition coefficient (Wildman–Crippen LogP) is 1.03. The molecule has 1 fully saturated rings. The van der Waals surface area contributed by atoms with Crippen LogP contribution in [0.5, 0.6) is 0 Å². The first kappa shape index (κ1) is 14.0. The van der Waals surface area contributed by atoms with Gasteiger partial charge in [-0.25, -0.2) is 4.39 Å². The maximum absolute atomic E-state index is 13.5. The smallest absolute Gasteiger partial charge is 0.237 e. The Labute approximate surface area is 112 Å².